The molecule has 1 aliphatic heterocycles. The minimum atomic E-state index is -0.669. The van der Waals surface area contributed by atoms with Crippen molar-refractivity contribution in [2.24, 2.45) is 0 Å². The Balaban J connectivity index is 1.39. The molecule has 0 aliphatic carbocycles. The molecule has 1 aliphatic rings. The second kappa shape index (κ2) is 12.5. The topological polar surface area (TPSA) is 91.4 Å². The van der Waals surface area contributed by atoms with Crippen LogP contribution in [0.1, 0.15) is 31.7 Å². The Labute approximate surface area is 193 Å². The minimum Gasteiger partial charge on any atom is -0.489 e. The molecule has 0 radical (unpaired) electrons. The molecule has 1 heterocycles. The largest absolute Gasteiger partial charge is 0.489 e. The number of hydrogen-bond acceptors (Lipinski definition) is 7. The van der Waals surface area contributed by atoms with E-state index in [1.165, 1.54) is 4.90 Å². The first-order valence-corrected chi connectivity index (χ1v) is 11.1. The van der Waals surface area contributed by atoms with Crippen molar-refractivity contribution < 1.29 is 33.3 Å². The van der Waals surface area contributed by atoms with Crippen LogP contribution >= 0.6 is 0 Å². The summed E-state index contributed by atoms with van der Waals surface area (Å²) in [5, 5.41) is 0. The molecule has 1 atom stereocenters. The average Bonchev–Trinajstić information content (AvgIpc) is 2.86. The predicted octanol–water partition coefficient (Wildman–Crippen LogP) is 3.13. The third-order valence-electron chi connectivity index (χ3n) is 5.17. The van der Waals surface area contributed by atoms with Gasteiger partial charge in [0.2, 0.25) is 0 Å². The van der Waals surface area contributed by atoms with Gasteiger partial charge in [0.25, 0.3) is 5.91 Å². The van der Waals surface area contributed by atoms with Crippen molar-refractivity contribution in [3.8, 4) is 11.5 Å². The molecular weight excluding hydrogens is 426 g/mol. The van der Waals surface area contributed by atoms with Gasteiger partial charge in [-0.05, 0) is 56.0 Å². The number of benzene rings is 2. The van der Waals surface area contributed by atoms with Crippen molar-refractivity contribution in [2.75, 3.05) is 26.4 Å². The second-order valence-electron chi connectivity index (χ2n) is 7.55. The van der Waals surface area contributed by atoms with Gasteiger partial charge in [0.1, 0.15) is 24.1 Å². The molecule has 8 nitrogen and oxygen atoms in total. The number of rotatable bonds is 10. The minimum absolute atomic E-state index is 0.254. The molecular formula is C25H29NO7. The van der Waals surface area contributed by atoms with Crippen LogP contribution in [0.5, 0.6) is 11.5 Å². The molecule has 33 heavy (non-hydrogen) atoms. The van der Waals surface area contributed by atoms with Crippen LogP contribution in [0.25, 0.3) is 0 Å². The van der Waals surface area contributed by atoms with Gasteiger partial charge < -0.3 is 23.8 Å². The van der Waals surface area contributed by atoms with Gasteiger partial charge in [0.15, 0.2) is 13.2 Å². The third kappa shape index (κ3) is 7.52. The molecule has 8 heteroatoms. The van der Waals surface area contributed by atoms with Gasteiger partial charge in [-0.3, -0.25) is 4.79 Å². The van der Waals surface area contributed by atoms with E-state index in [-0.39, 0.29) is 13.2 Å². The zero-order valence-corrected chi connectivity index (χ0v) is 18.7. The molecule has 1 saturated heterocycles. The van der Waals surface area contributed by atoms with E-state index < -0.39 is 30.5 Å². The molecule has 0 saturated carbocycles. The lowest BCUT2D eigenvalue weighted by molar-refractivity contribution is -0.161. The van der Waals surface area contributed by atoms with Crippen LogP contribution in [0.15, 0.2) is 54.6 Å². The number of carbonyl (C=O) groups is 3. The van der Waals surface area contributed by atoms with Gasteiger partial charge in [-0.2, -0.15) is 0 Å². The summed E-state index contributed by atoms with van der Waals surface area (Å²) in [4.78, 5) is 38.0. The van der Waals surface area contributed by atoms with Crippen LogP contribution in [0, 0.1) is 0 Å². The van der Waals surface area contributed by atoms with Crippen LogP contribution in [0.4, 0.5) is 0 Å². The number of piperidine rings is 1. The number of nitrogens with zero attached hydrogens (tertiary/aromatic N) is 1. The molecule has 0 spiro atoms. The van der Waals surface area contributed by atoms with E-state index in [2.05, 4.69) is 0 Å². The van der Waals surface area contributed by atoms with Crippen molar-refractivity contribution in [1.82, 2.24) is 4.90 Å². The van der Waals surface area contributed by atoms with Crippen LogP contribution in [-0.2, 0) is 30.5 Å². The summed E-state index contributed by atoms with van der Waals surface area (Å²) in [6.07, 6.45) is 2.19. The summed E-state index contributed by atoms with van der Waals surface area (Å²) in [6.45, 7) is 2.09. The average molecular weight is 456 g/mol. The maximum absolute atomic E-state index is 12.5. The van der Waals surface area contributed by atoms with Crippen LogP contribution < -0.4 is 9.47 Å². The van der Waals surface area contributed by atoms with E-state index in [0.29, 0.717) is 31.1 Å². The van der Waals surface area contributed by atoms with Crippen molar-refractivity contribution in [3.05, 3.63) is 60.2 Å². The summed E-state index contributed by atoms with van der Waals surface area (Å²) in [5.41, 5.74) is 1.06. The summed E-state index contributed by atoms with van der Waals surface area (Å²) in [6, 6.07) is 16.1. The van der Waals surface area contributed by atoms with E-state index >= 15 is 0 Å². The van der Waals surface area contributed by atoms with E-state index in [9.17, 15) is 14.4 Å². The Hall–Kier alpha value is -3.55. The molecule has 3 rings (SSSR count). The van der Waals surface area contributed by atoms with Crippen LogP contribution in [0.2, 0.25) is 0 Å². The molecule has 1 amide bonds. The van der Waals surface area contributed by atoms with E-state index in [1.54, 1.807) is 31.2 Å². The first kappa shape index (κ1) is 24.1. The highest BCUT2D eigenvalue weighted by atomic mass is 16.6. The van der Waals surface area contributed by atoms with Crippen LogP contribution in [-0.4, -0.2) is 55.2 Å². The van der Waals surface area contributed by atoms with Crippen molar-refractivity contribution in [1.29, 1.82) is 0 Å². The first-order chi connectivity index (χ1) is 16.1. The molecule has 1 fully saturated rings. The molecule has 2 aromatic carbocycles. The smallest absolute Gasteiger partial charge is 0.344 e. The highest BCUT2D eigenvalue weighted by molar-refractivity contribution is 5.86. The lowest BCUT2D eigenvalue weighted by Gasteiger charge is -2.33. The first-order valence-electron chi connectivity index (χ1n) is 11.1. The SMILES string of the molecule is CCOC(=O)C1CCCCN1C(=O)COC(=O)COc1ccc(OCc2ccccc2)cc1. The fourth-order valence-electron chi connectivity index (χ4n) is 3.50. The lowest BCUT2D eigenvalue weighted by atomic mass is 10.0. The van der Waals surface area contributed by atoms with Crippen molar-refractivity contribution in [3.63, 3.8) is 0 Å². The Morgan fingerprint density at radius 1 is 0.879 bits per heavy atom. The van der Waals surface area contributed by atoms with Crippen molar-refractivity contribution in [2.45, 2.75) is 38.8 Å². The summed E-state index contributed by atoms with van der Waals surface area (Å²) in [7, 11) is 0. The van der Waals surface area contributed by atoms with E-state index in [4.69, 9.17) is 18.9 Å². The second-order valence-corrected chi connectivity index (χ2v) is 7.55. The van der Waals surface area contributed by atoms with Crippen molar-refractivity contribution >= 4 is 17.8 Å². The predicted molar refractivity (Wildman–Crippen MR) is 120 cm³/mol. The maximum atomic E-state index is 12.5. The normalized spacial score (nSPS) is 15.4. The fourth-order valence-corrected chi connectivity index (χ4v) is 3.50. The Morgan fingerprint density at radius 2 is 1.58 bits per heavy atom. The van der Waals surface area contributed by atoms with Gasteiger partial charge in [-0.1, -0.05) is 30.3 Å². The zero-order chi connectivity index (χ0) is 23.5. The summed E-state index contributed by atoms with van der Waals surface area (Å²) in [5.74, 6) is -0.351. The zero-order valence-electron chi connectivity index (χ0n) is 18.7. The van der Waals surface area contributed by atoms with Gasteiger partial charge in [0.05, 0.1) is 6.61 Å². The highest BCUT2D eigenvalue weighted by Crippen LogP contribution is 2.20. The molecule has 0 N–H and O–H groups in total. The number of amides is 1. The lowest BCUT2D eigenvalue weighted by Crippen LogP contribution is -2.50. The van der Waals surface area contributed by atoms with Gasteiger partial charge in [-0.15, -0.1) is 0 Å². The number of ether oxygens (including phenoxy) is 4. The Bertz CT molecular complexity index is 914. The molecule has 1 unspecified atom stereocenters. The quantitative estimate of drug-likeness (QED) is 0.508. The summed E-state index contributed by atoms with van der Waals surface area (Å²) < 4.78 is 21.2. The maximum Gasteiger partial charge on any atom is 0.344 e. The molecule has 0 bridgehead atoms. The number of esters is 2. The van der Waals surface area contributed by atoms with E-state index in [1.807, 2.05) is 30.3 Å². The van der Waals surface area contributed by atoms with Gasteiger partial charge >= 0.3 is 11.9 Å². The van der Waals surface area contributed by atoms with Crippen LogP contribution in [0.3, 0.4) is 0 Å². The van der Waals surface area contributed by atoms with E-state index in [0.717, 1.165) is 18.4 Å². The monoisotopic (exact) mass is 455 g/mol. The summed E-state index contributed by atoms with van der Waals surface area (Å²) >= 11 is 0. The molecule has 0 aromatic heterocycles. The van der Waals surface area contributed by atoms with Gasteiger partial charge in [-0.25, -0.2) is 9.59 Å². The molecule has 2 aromatic rings. The van der Waals surface area contributed by atoms with Gasteiger partial charge in [0, 0.05) is 6.54 Å². The standard InChI is InChI=1S/C25H29NO7/c1-2-30-25(29)22-10-6-7-15-26(22)23(27)17-33-24(28)18-32-21-13-11-20(12-14-21)31-16-19-8-4-3-5-9-19/h3-5,8-9,11-14,22H,2,6-7,10,15-18H2,1H3. The highest BCUT2D eigenvalue weighted by Gasteiger charge is 2.33. The Morgan fingerprint density at radius 3 is 2.27 bits per heavy atom. The number of likely N-dealkylation sites (tertiary alicyclic amines) is 1. The molecule has 176 valence electrons. The Kier molecular flexibility index (Phi) is 9.11. The number of carbonyl (C=O) groups excluding carboxylic acids is 3. The number of hydrogen-bond donors (Lipinski definition) is 0. The fraction of sp³-hybridized carbons (Fsp3) is 0.400. The third-order valence-corrected chi connectivity index (χ3v) is 5.17.